The van der Waals surface area contributed by atoms with Crippen molar-refractivity contribution < 1.29 is 21.6 Å². The minimum absolute atomic E-state index is 0.0187. The first-order valence-corrected chi connectivity index (χ1v) is 9.72. The average Bonchev–Trinajstić information content (AvgIpc) is 2.65. The summed E-state index contributed by atoms with van der Waals surface area (Å²) in [5.41, 5.74) is -1.08. The van der Waals surface area contributed by atoms with E-state index in [-0.39, 0.29) is 18.9 Å². The van der Waals surface area contributed by atoms with Gasteiger partial charge in [-0.05, 0) is 30.3 Å². The molecular weight excluding hydrogens is 395 g/mol. The van der Waals surface area contributed by atoms with Gasteiger partial charge < -0.3 is 4.98 Å². The maximum atomic E-state index is 12.9. The van der Waals surface area contributed by atoms with Crippen LogP contribution in [0, 0.1) is 0 Å². The van der Waals surface area contributed by atoms with Crippen LogP contribution in [0.2, 0.25) is 0 Å². The second-order valence-electron chi connectivity index (χ2n) is 5.99. The van der Waals surface area contributed by atoms with Gasteiger partial charge in [-0.2, -0.15) is 17.5 Å². The third-order valence-corrected chi connectivity index (χ3v) is 6.06. The summed E-state index contributed by atoms with van der Waals surface area (Å²) >= 11 is 0. The lowest BCUT2D eigenvalue weighted by Crippen LogP contribution is -2.32. The molecule has 1 heterocycles. The lowest BCUT2D eigenvalue weighted by Gasteiger charge is -2.20. The van der Waals surface area contributed by atoms with Crippen molar-refractivity contribution in [1.82, 2.24) is 14.3 Å². The number of aromatic nitrogens is 2. The van der Waals surface area contributed by atoms with E-state index in [2.05, 4.69) is 9.97 Å². The number of sulfonamides is 1. The van der Waals surface area contributed by atoms with Crippen molar-refractivity contribution in [2.45, 2.75) is 24.5 Å². The molecule has 0 radical (unpaired) electrons. The number of hydrogen-bond donors (Lipinski definition) is 1. The standard InChI is InChI=1S/C18H16F3N3O3S/c1-2-24(11-16-22-15-9-4-3-8-14(15)17(25)23-16)28(26,27)13-7-5-6-12(10-13)18(19,20)21/h3-10H,2,11H2,1H3,(H,22,23,25). The molecule has 0 unspecified atom stereocenters. The molecule has 0 bridgehead atoms. The van der Waals surface area contributed by atoms with Crippen molar-refractivity contribution in [3.8, 4) is 0 Å². The van der Waals surface area contributed by atoms with Crippen LogP contribution in [0.3, 0.4) is 0 Å². The number of alkyl halides is 3. The van der Waals surface area contributed by atoms with Crippen molar-refractivity contribution in [3.63, 3.8) is 0 Å². The summed E-state index contributed by atoms with van der Waals surface area (Å²) in [5.74, 6) is 0.0982. The van der Waals surface area contributed by atoms with Crippen LogP contribution in [0.5, 0.6) is 0 Å². The first-order valence-electron chi connectivity index (χ1n) is 8.28. The quantitative estimate of drug-likeness (QED) is 0.699. The van der Waals surface area contributed by atoms with Gasteiger partial charge in [-0.15, -0.1) is 0 Å². The number of para-hydroxylation sites is 1. The first kappa shape index (κ1) is 20.0. The van der Waals surface area contributed by atoms with Crippen molar-refractivity contribution >= 4 is 20.9 Å². The Morgan fingerprint density at radius 3 is 2.50 bits per heavy atom. The highest BCUT2D eigenvalue weighted by Crippen LogP contribution is 2.31. The van der Waals surface area contributed by atoms with E-state index < -0.39 is 32.2 Å². The Kier molecular flexibility index (Phi) is 5.26. The first-order chi connectivity index (χ1) is 13.1. The van der Waals surface area contributed by atoms with E-state index in [0.29, 0.717) is 17.0 Å². The number of nitrogens with zero attached hydrogens (tertiary/aromatic N) is 2. The van der Waals surface area contributed by atoms with E-state index in [1.54, 1.807) is 31.2 Å². The van der Waals surface area contributed by atoms with Crippen LogP contribution < -0.4 is 5.56 Å². The molecule has 3 rings (SSSR count). The summed E-state index contributed by atoms with van der Waals surface area (Å²) < 4.78 is 65.4. The average molecular weight is 411 g/mol. The van der Waals surface area contributed by atoms with Gasteiger partial charge in [-0.1, -0.05) is 25.1 Å². The molecule has 28 heavy (non-hydrogen) atoms. The largest absolute Gasteiger partial charge is 0.416 e. The SMILES string of the molecule is CCN(Cc1nc2ccccc2c(=O)[nH]1)S(=O)(=O)c1cccc(C(F)(F)F)c1. The molecule has 6 nitrogen and oxygen atoms in total. The summed E-state index contributed by atoms with van der Waals surface area (Å²) in [7, 11) is -4.23. The van der Waals surface area contributed by atoms with Gasteiger partial charge in [-0.3, -0.25) is 4.79 Å². The number of fused-ring (bicyclic) bond motifs is 1. The zero-order chi connectivity index (χ0) is 20.5. The summed E-state index contributed by atoms with van der Waals surface area (Å²) in [6, 6.07) is 10.1. The molecule has 2 aromatic carbocycles. The van der Waals surface area contributed by atoms with E-state index >= 15 is 0 Å². The van der Waals surface area contributed by atoms with E-state index in [9.17, 15) is 26.4 Å². The van der Waals surface area contributed by atoms with Gasteiger partial charge in [-0.25, -0.2) is 13.4 Å². The normalized spacial score (nSPS) is 12.6. The van der Waals surface area contributed by atoms with E-state index in [4.69, 9.17) is 0 Å². The number of halogens is 3. The molecule has 3 aromatic rings. The van der Waals surface area contributed by atoms with Crippen LogP contribution in [0.1, 0.15) is 18.3 Å². The fraction of sp³-hybridized carbons (Fsp3) is 0.222. The van der Waals surface area contributed by atoms with E-state index in [1.807, 2.05) is 0 Å². The number of benzene rings is 2. The lowest BCUT2D eigenvalue weighted by molar-refractivity contribution is -0.137. The third-order valence-electron chi connectivity index (χ3n) is 4.14. The van der Waals surface area contributed by atoms with E-state index in [1.165, 1.54) is 0 Å². The Balaban J connectivity index is 1.98. The minimum Gasteiger partial charge on any atom is -0.309 e. The molecule has 0 atom stereocenters. The lowest BCUT2D eigenvalue weighted by atomic mass is 10.2. The summed E-state index contributed by atoms with van der Waals surface area (Å²) in [5, 5.41) is 0.357. The molecule has 1 N–H and O–H groups in total. The zero-order valence-corrected chi connectivity index (χ0v) is 15.5. The van der Waals surface area contributed by atoms with Crippen LogP contribution in [0.4, 0.5) is 13.2 Å². The molecule has 148 valence electrons. The molecule has 0 spiro atoms. The molecular formula is C18H16F3N3O3S. The van der Waals surface area contributed by atoms with Crippen LogP contribution in [0.15, 0.2) is 58.2 Å². The van der Waals surface area contributed by atoms with Gasteiger partial charge in [0.15, 0.2) is 0 Å². The molecule has 0 saturated carbocycles. The zero-order valence-electron chi connectivity index (χ0n) is 14.7. The van der Waals surface area contributed by atoms with Crippen molar-refractivity contribution in [1.29, 1.82) is 0 Å². The Morgan fingerprint density at radius 1 is 1.11 bits per heavy atom. The topological polar surface area (TPSA) is 83.1 Å². The second kappa shape index (κ2) is 7.36. The molecule has 0 saturated heterocycles. The molecule has 1 aromatic heterocycles. The van der Waals surface area contributed by atoms with Gasteiger partial charge in [0.25, 0.3) is 5.56 Å². The smallest absolute Gasteiger partial charge is 0.309 e. The van der Waals surface area contributed by atoms with E-state index in [0.717, 1.165) is 22.5 Å². The van der Waals surface area contributed by atoms with Crippen LogP contribution in [-0.4, -0.2) is 29.2 Å². The highest BCUT2D eigenvalue weighted by molar-refractivity contribution is 7.89. The van der Waals surface area contributed by atoms with Gasteiger partial charge in [0.1, 0.15) is 5.82 Å². The number of nitrogens with one attached hydrogen (secondary N) is 1. The molecule has 10 heteroatoms. The molecule has 0 aliphatic carbocycles. The maximum Gasteiger partial charge on any atom is 0.416 e. The molecule has 0 aliphatic heterocycles. The summed E-state index contributed by atoms with van der Waals surface area (Å²) in [4.78, 5) is 18.4. The van der Waals surface area contributed by atoms with Gasteiger partial charge in [0, 0.05) is 6.54 Å². The monoisotopic (exact) mass is 411 g/mol. The fourth-order valence-electron chi connectivity index (χ4n) is 2.73. The van der Waals surface area contributed by atoms with Gasteiger partial charge >= 0.3 is 6.18 Å². The van der Waals surface area contributed by atoms with Gasteiger partial charge in [0.2, 0.25) is 10.0 Å². The second-order valence-corrected chi connectivity index (χ2v) is 7.92. The number of hydrogen-bond acceptors (Lipinski definition) is 4. The predicted octanol–water partition coefficient (Wildman–Crippen LogP) is 3.15. The summed E-state index contributed by atoms with van der Waals surface area (Å²) in [6.07, 6.45) is -4.66. The molecule has 0 aliphatic rings. The summed E-state index contributed by atoms with van der Waals surface area (Å²) in [6.45, 7) is 1.24. The number of rotatable bonds is 5. The number of H-pyrrole nitrogens is 1. The molecule has 0 amide bonds. The van der Waals surface area contributed by atoms with Gasteiger partial charge in [0.05, 0.1) is 27.9 Å². The van der Waals surface area contributed by atoms with Crippen molar-refractivity contribution in [2.75, 3.05) is 6.54 Å². The van der Waals surface area contributed by atoms with Crippen LogP contribution >= 0.6 is 0 Å². The predicted molar refractivity (Wildman–Crippen MR) is 97.1 cm³/mol. The Hall–Kier alpha value is -2.72. The fourth-order valence-corrected chi connectivity index (χ4v) is 4.18. The highest BCUT2D eigenvalue weighted by atomic mass is 32.2. The van der Waals surface area contributed by atoms with Crippen molar-refractivity contribution in [2.24, 2.45) is 0 Å². The maximum absolute atomic E-state index is 12.9. The highest BCUT2D eigenvalue weighted by Gasteiger charge is 2.33. The minimum atomic E-state index is -4.66. The van der Waals surface area contributed by atoms with Crippen molar-refractivity contribution in [3.05, 3.63) is 70.3 Å². The molecule has 0 fully saturated rings. The number of aromatic amines is 1. The van der Waals surface area contributed by atoms with Crippen LogP contribution in [0.25, 0.3) is 10.9 Å². The Morgan fingerprint density at radius 2 is 1.82 bits per heavy atom. The Bertz CT molecular complexity index is 1170. The Labute approximate surface area is 158 Å². The van der Waals surface area contributed by atoms with Crippen LogP contribution in [-0.2, 0) is 22.7 Å². The third kappa shape index (κ3) is 3.92.